The molecule has 2 aromatic carbocycles. The number of hydrogen-bond donors (Lipinski definition) is 0. The van der Waals surface area contributed by atoms with Crippen LogP contribution in [0, 0.1) is 0 Å². The van der Waals surface area contributed by atoms with Gasteiger partial charge in [-0.3, -0.25) is 4.99 Å². The van der Waals surface area contributed by atoms with Crippen LogP contribution in [0.2, 0.25) is 0 Å². The molecule has 0 aliphatic rings. The summed E-state index contributed by atoms with van der Waals surface area (Å²) in [5.74, 6) is 0.873. The van der Waals surface area contributed by atoms with Gasteiger partial charge in [0, 0.05) is 26.0 Å². The largest absolute Gasteiger partial charge is 0.489 e. The Morgan fingerprint density at radius 2 is 1.77 bits per heavy atom. The minimum atomic E-state index is 0.589. The van der Waals surface area contributed by atoms with Crippen molar-refractivity contribution in [3.05, 3.63) is 65.7 Å². The van der Waals surface area contributed by atoms with Crippen molar-refractivity contribution in [3.63, 3.8) is 0 Å². The van der Waals surface area contributed by atoms with Crippen molar-refractivity contribution in [2.75, 3.05) is 19.8 Å². The molecule has 2 aromatic rings. The summed E-state index contributed by atoms with van der Waals surface area (Å²) in [6, 6.07) is 18.2. The predicted octanol–water partition coefficient (Wildman–Crippen LogP) is 4.11. The van der Waals surface area contributed by atoms with E-state index in [2.05, 4.69) is 17.1 Å². The van der Waals surface area contributed by atoms with E-state index in [0.717, 1.165) is 37.5 Å². The van der Waals surface area contributed by atoms with Crippen LogP contribution >= 0.6 is 0 Å². The summed E-state index contributed by atoms with van der Waals surface area (Å²) in [4.78, 5) is 4.39. The third kappa shape index (κ3) is 6.10. The first-order valence-corrected chi connectivity index (χ1v) is 7.73. The maximum absolute atomic E-state index is 5.76. The van der Waals surface area contributed by atoms with Crippen molar-refractivity contribution < 1.29 is 9.47 Å². The van der Waals surface area contributed by atoms with Crippen molar-refractivity contribution in [2.45, 2.75) is 20.0 Å². The summed E-state index contributed by atoms with van der Waals surface area (Å²) in [5.41, 5.74) is 2.26. The van der Waals surface area contributed by atoms with Gasteiger partial charge in [-0.05, 0) is 48.7 Å². The maximum atomic E-state index is 5.76. The average Bonchev–Trinajstić information content (AvgIpc) is 2.58. The van der Waals surface area contributed by atoms with E-state index in [4.69, 9.17) is 9.47 Å². The highest BCUT2D eigenvalue weighted by molar-refractivity contribution is 5.79. The topological polar surface area (TPSA) is 30.8 Å². The zero-order valence-corrected chi connectivity index (χ0v) is 13.1. The van der Waals surface area contributed by atoms with E-state index < -0.39 is 0 Å². The van der Waals surface area contributed by atoms with Crippen molar-refractivity contribution in [3.8, 4) is 5.75 Å². The van der Waals surface area contributed by atoms with Gasteiger partial charge in [-0.1, -0.05) is 30.3 Å². The van der Waals surface area contributed by atoms with Crippen LogP contribution in [0.15, 0.2) is 59.6 Å². The van der Waals surface area contributed by atoms with E-state index >= 15 is 0 Å². The molecule has 0 atom stereocenters. The first kappa shape index (κ1) is 16.2. The predicted molar refractivity (Wildman–Crippen MR) is 90.8 cm³/mol. The van der Waals surface area contributed by atoms with E-state index in [-0.39, 0.29) is 0 Å². The molecular formula is C19H23NO2. The highest BCUT2D eigenvalue weighted by atomic mass is 16.5. The third-order valence-corrected chi connectivity index (χ3v) is 3.15. The Bertz CT molecular complexity index is 549. The second-order valence-electron chi connectivity index (χ2n) is 4.93. The fraction of sp³-hybridized carbons (Fsp3) is 0.316. The van der Waals surface area contributed by atoms with E-state index in [1.54, 1.807) is 0 Å². The van der Waals surface area contributed by atoms with Gasteiger partial charge in [0.1, 0.15) is 12.4 Å². The summed E-state index contributed by atoms with van der Waals surface area (Å²) in [5, 5.41) is 0. The van der Waals surface area contributed by atoms with Gasteiger partial charge in [0.2, 0.25) is 0 Å². The molecule has 3 heteroatoms. The fourth-order valence-corrected chi connectivity index (χ4v) is 1.96. The number of rotatable bonds is 9. The summed E-state index contributed by atoms with van der Waals surface area (Å²) in [7, 11) is 0. The minimum absolute atomic E-state index is 0.589. The second-order valence-corrected chi connectivity index (χ2v) is 4.93. The summed E-state index contributed by atoms with van der Waals surface area (Å²) >= 11 is 0. The first-order chi connectivity index (χ1) is 10.9. The van der Waals surface area contributed by atoms with Crippen molar-refractivity contribution in [1.82, 2.24) is 0 Å². The molecule has 0 aliphatic heterocycles. The van der Waals surface area contributed by atoms with Crippen LogP contribution in [-0.2, 0) is 11.3 Å². The molecule has 22 heavy (non-hydrogen) atoms. The maximum Gasteiger partial charge on any atom is 0.119 e. The molecule has 116 valence electrons. The summed E-state index contributed by atoms with van der Waals surface area (Å²) < 4.78 is 11.0. The Morgan fingerprint density at radius 1 is 1.00 bits per heavy atom. The highest BCUT2D eigenvalue weighted by Crippen LogP contribution is 2.13. The van der Waals surface area contributed by atoms with Gasteiger partial charge in [-0.15, -0.1) is 0 Å². The molecule has 0 amide bonds. The Labute approximate surface area is 132 Å². The van der Waals surface area contributed by atoms with Crippen molar-refractivity contribution in [1.29, 1.82) is 0 Å². The third-order valence-electron chi connectivity index (χ3n) is 3.15. The SMILES string of the molecule is CCOCCC/N=C/c1ccc(OCc2ccccc2)cc1. The monoisotopic (exact) mass is 297 g/mol. The molecule has 0 fully saturated rings. The van der Waals surface area contributed by atoms with Crippen LogP contribution in [0.1, 0.15) is 24.5 Å². The Hall–Kier alpha value is -2.13. The Morgan fingerprint density at radius 3 is 2.50 bits per heavy atom. The van der Waals surface area contributed by atoms with Gasteiger partial charge in [-0.25, -0.2) is 0 Å². The molecule has 0 spiro atoms. The highest BCUT2D eigenvalue weighted by Gasteiger charge is 1.95. The normalized spacial score (nSPS) is 11.0. The molecular weight excluding hydrogens is 274 g/mol. The average molecular weight is 297 g/mol. The van der Waals surface area contributed by atoms with Crippen LogP contribution in [0.4, 0.5) is 0 Å². The smallest absolute Gasteiger partial charge is 0.119 e. The second kappa shape index (κ2) is 9.74. The lowest BCUT2D eigenvalue weighted by molar-refractivity contribution is 0.146. The molecule has 0 radical (unpaired) electrons. The first-order valence-electron chi connectivity index (χ1n) is 7.73. The summed E-state index contributed by atoms with van der Waals surface area (Å²) in [6.07, 6.45) is 2.86. The van der Waals surface area contributed by atoms with Gasteiger partial charge in [-0.2, -0.15) is 0 Å². The zero-order valence-electron chi connectivity index (χ0n) is 13.1. The lowest BCUT2D eigenvalue weighted by atomic mass is 10.2. The van der Waals surface area contributed by atoms with Crippen molar-refractivity contribution >= 4 is 6.21 Å². The molecule has 0 aromatic heterocycles. The molecule has 3 nitrogen and oxygen atoms in total. The van der Waals surface area contributed by atoms with Crippen LogP contribution in [0.25, 0.3) is 0 Å². The van der Waals surface area contributed by atoms with Crippen LogP contribution in [0.5, 0.6) is 5.75 Å². The van der Waals surface area contributed by atoms with E-state index in [0.29, 0.717) is 6.61 Å². The molecule has 0 aliphatic carbocycles. The molecule has 0 unspecified atom stereocenters. The lowest BCUT2D eigenvalue weighted by Crippen LogP contribution is -1.96. The Balaban J connectivity index is 1.74. The van der Waals surface area contributed by atoms with Gasteiger partial charge >= 0.3 is 0 Å². The molecule has 2 rings (SSSR count). The van der Waals surface area contributed by atoms with Crippen LogP contribution < -0.4 is 4.74 Å². The Kier molecular flexibility index (Phi) is 7.19. The minimum Gasteiger partial charge on any atom is -0.489 e. The van der Waals surface area contributed by atoms with Crippen LogP contribution in [-0.4, -0.2) is 26.0 Å². The van der Waals surface area contributed by atoms with E-state index in [1.807, 2.05) is 55.6 Å². The summed E-state index contributed by atoms with van der Waals surface area (Å²) in [6.45, 7) is 4.94. The number of aliphatic imine (C=N–C) groups is 1. The lowest BCUT2D eigenvalue weighted by Gasteiger charge is -2.06. The van der Waals surface area contributed by atoms with Gasteiger partial charge < -0.3 is 9.47 Å². The number of benzene rings is 2. The molecule has 0 N–H and O–H groups in total. The zero-order chi connectivity index (χ0) is 15.5. The van der Waals surface area contributed by atoms with Crippen LogP contribution in [0.3, 0.4) is 0 Å². The molecule has 0 bridgehead atoms. The molecule has 0 saturated carbocycles. The number of ether oxygens (including phenoxy) is 2. The van der Waals surface area contributed by atoms with Gasteiger partial charge in [0.05, 0.1) is 0 Å². The van der Waals surface area contributed by atoms with E-state index in [1.165, 1.54) is 5.56 Å². The number of hydrogen-bond acceptors (Lipinski definition) is 3. The van der Waals surface area contributed by atoms with Gasteiger partial charge in [0.25, 0.3) is 0 Å². The molecule has 0 saturated heterocycles. The van der Waals surface area contributed by atoms with Crippen molar-refractivity contribution in [2.24, 2.45) is 4.99 Å². The quantitative estimate of drug-likeness (QED) is 0.515. The van der Waals surface area contributed by atoms with Gasteiger partial charge in [0.15, 0.2) is 0 Å². The molecule has 0 heterocycles. The van der Waals surface area contributed by atoms with E-state index in [9.17, 15) is 0 Å². The fourth-order valence-electron chi connectivity index (χ4n) is 1.96. The number of nitrogens with zero attached hydrogens (tertiary/aromatic N) is 1. The standard InChI is InChI=1S/C19H23NO2/c1-2-21-14-6-13-20-15-17-9-11-19(12-10-17)22-16-18-7-4-3-5-8-18/h3-5,7-12,15H,2,6,13-14,16H2,1H3/b20-15+.